The largest absolute Gasteiger partial charge is 0.384 e. The molecule has 12 heavy (non-hydrogen) atoms. The third-order valence-corrected chi connectivity index (χ3v) is 1.69. The lowest BCUT2D eigenvalue weighted by Crippen LogP contribution is -2.45. The maximum absolute atomic E-state index is 12.2. The van der Waals surface area contributed by atoms with Crippen molar-refractivity contribution in [1.29, 1.82) is 0 Å². The average Bonchev–Trinajstić information content (AvgIpc) is 1.98. The van der Waals surface area contributed by atoms with Crippen LogP contribution in [0.2, 0.25) is 0 Å². The molecule has 0 bridgehead atoms. The molecule has 2 nitrogen and oxygen atoms in total. The molecule has 1 aliphatic rings. The van der Waals surface area contributed by atoms with Crippen LogP contribution in [0.5, 0.6) is 0 Å². The second-order valence-electron chi connectivity index (χ2n) is 3.36. The van der Waals surface area contributed by atoms with E-state index < -0.39 is 12.8 Å². The first-order valence-electron chi connectivity index (χ1n) is 3.63. The van der Waals surface area contributed by atoms with Gasteiger partial charge in [-0.25, -0.2) is 4.39 Å². The highest BCUT2D eigenvalue weighted by atomic mass is 19.3. The molecule has 0 aromatic rings. The molecule has 0 aromatic heterocycles. The van der Waals surface area contributed by atoms with Crippen LogP contribution in [-0.2, 0) is 9.47 Å². The fraction of sp³-hybridized carbons (Fsp3) is 1.00. The second-order valence-corrected chi connectivity index (χ2v) is 3.36. The summed E-state index contributed by atoms with van der Waals surface area (Å²) in [6.07, 6.45) is -3.64. The first-order chi connectivity index (χ1) is 5.47. The fourth-order valence-corrected chi connectivity index (χ4v) is 0.852. The molecule has 72 valence electrons. The number of hydrogen-bond donors (Lipinski definition) is 0. The van der Waals surface area contributed by atoms with Crippen molar-refractivity contribution in [2.24, 2.45) is 5.41 Å². The SMILES string of the molecule is CC1(COC(F)(F)CF)COC1. The topological polar surface area (TPSA) is 18.5 Å². The van der Waals surface area contributed by atoms with Crippen molar-refractivity contribution in [3.63, 3.8) is 0 Å². The Morgan fingerprint density at radius 3 is 2.42 bits per heavy atom. The van der Waals surface area contributed by atoms with Gasteiger partial charge in [0.1, 0.15) is 0 Å². The molecule has 1 saturated heterocycles. The summed E-state index contributed by atoms with van der Waals surface area (Å²) in [5, 5.41) is 0. The molecule has 0 aromatic carbocycles. The van der Waals surface area contributed by atoms with Gasteiger partial charge in [0.15, 0.2) is 6.67 Å². The van der Waals surface area contributed by atoms with Crippen LogP contribution in [0.4, 0.5) is 13.2 Å². The fourth-order valence-electron chi connectivity index (χ4n) is 0.852. The minimum absolute atomic E-state index is 0.163. The summed E-state index contributed by atoms with van der Waals surface area (Å²) in [6.45, 7) is 0.614. The number of halogens is 3. The summed E-state index contributed by atoms with van der Waals surface area (Å²) in [4.78, 5) is 0. The number of ether oxygens (including phenoxy) is 2. The highest BCUT2D eigenvalue weighted by Crippen LogP contribution is 2.29. The lowest BCUT2D eigenvalue weighted by molar-refractivity contribution is -0.276. The van der Waals surface area contributed by atoms with Crippen molar-refractivity contribution in [3.8, 4) is 0 Å². The van der Waals surface area contributed by atoms with Crippen molar-refractivity contribution in [2.75, 3.05) is 26.5 Å². The van der Waals surface area contributed by atoms with Crippen molar-refractivity contribution < 1.29 is 22.6 Å². The van der Waals surface area contributed by atoms with Crippen LogP contribution in [0, 0.1) is 5.41 Å². The number of hydrogen-bond acceptors (Lipinski definition) is 2. The Kier molecular flexibility index (Phi) is 2.63. The summed E-state index contributed by atoms with van der Waals surface area (Å²) in [5.74, 6) is 0. The van der Waals surface area contributed by atoms with Gasteiger partial charge in [-0.2, -0.15) is 8.78 Å². The molecule has 1 rings (SSSR count). The Morgan fingerprint density at radius 1 is 1.50 bits per heavy atom. The standard InChI is InChI=1S/C7H11F3O2/c1-6(3-11-4-6)5-12-7(9,10)2-8/h2-5H2,1H3. The minimum Gasteiger partial charge on any atom is -0.380 e. The smallest absolute Gasteiger partial charge is 0.380 e. The van der Waals surface area contributed by atoms with Gasteiger partial charge in [0.25, 0.3) is 0 Å². The quantitative estimate of drug-likeness (QED) is 0.660. The van der Waals surface area contributed by atoms with Crippen LogP contribution in [0.25, 0.3) is 0 Å². The molecule has 5 heteroatoms. The van der Waals surface area contributed by atoms with E-state index in [0.717, 1.165) is 0 Å². The first kappa shape index (κ1) is 9.80. The Hall–Kier alpha value is -0.290. The van der Waals surface area contributed by atoms with Crippen molar-refractivity contribution in [3.05, 3.63) is 0 Å². The molecule has 0 aliphatic carbocycles. The minimum atomic E-state index is -3.64. The third-order valence-electron chi connectivity index (χ3n) is 1.69. The molecule has 0 atom stereocenters. The normalized spacial score (nSPS) is 22.0. The van der Waals surface area contributed by atoms with E-state index in [4.69, 9.17) is 4.74 Å². The number of rotatable bonds is 4. The summed E-state index contributed by atoms with van der Waals surface area (Å²) in [7, 11) is 0. The van der Waals surface area contributed by atoms with E-state index >= 15 is 0 Å². The van der Waals surface area contributed by atoms with Crippen LogP contribution in [-0.4, -0.2) is 32.6 Å². The maximum atomic E-state index is 12.2. The van der Waals surface area contributed by atoms with Crippen molar-refractivity contribution in [2.45, 2.75) is 13.0 Å². The Labute approximate surface area is 68.6 Å². The maximum Gasteiger partial charge on any atom is 0.384 e. The zero-order valence-corrected chi connectivity index (χ0v) is 6.78. The highest BCUT2D eigenvalue weighted by molar-refractivity contribution is 4.80. The second kappa shape index (κ2) is 3.22. The summed E-state index contributed by atoms with van der Waals surface area (Å²) >= 11 is 0. The molecule has 0 spiro atoms. The zero-order valence-electron chi connectivity index (χ0n) is 6.78. The van der Waals surface area contributed by atoms with Crippen LogP contribution in [0.3, 0.4) is 0 Å². The summed E-state index contributed by atoms with van der Waals surface area (Å²) < 4.78 is 44.9. The Morgan fingerprint density at radius 2 is 2.08 bits per heavy atom. The summed E-state index contributed by atoms with van der Waals surface area (Å²) in [5.41, 5.74) is -0.363. The molecule has 0 unspecified atom stereocenters. The lowest BCUT2D eigenvalue weighted by Gasteiger charge is -2.38. The molecular weight excluding hydrogens is 173 g/mol. The molecule has 0 amide bonds. The van der Waals surface area contributed by atoms with E-state index in [1.807, 2.05) is 0 Å². The molecular formula is C7H11F3O2. The molecule has 1 heterocycles. The van der Waals surface area contributed by atoms with E-state index in [0.29, 0.717) is 13.2 Å². The molecule has 0 radical (unpaired) electrons. The van der Waals surface area contributed by atoms with E-state index in [1.54, 1.807) is 6.92 Å². The van der Waals surface area contributed by atoms with Gasteiger partial charge in [-0.3, -0.25) is 0 Å². The highest BCUT2D eigenvalue weighted by Gasteiger charge is 2.39. The van der Waals surface area contributed by atoms with Gasteiger partial charge in [0.2, 0.25) is 0 Å². The zero-order chi connectivity index (χ0) is 9.24. The van der Waals surface area contributed by atoms with Crippen LogP contribution in [0.1, 0.15) is 6.92 Å². The van der Waals surface area contributed by atoms with Gasteiger partial charge in [0, 0.05) is 5.41 Å². The van der Waals surface area contributed by atoms with Crippen molar-refractivity contribution in [1.82, 2.24) is 0 Å². The van der Waals surface area contributed by atoms with E-state index in [2.05, 4.69) is 4.74 Å². The van der Waals surface area contributed by atoms with Gasteiger partial charge in [0.05, 0.1) is 19.8 Å². The van der Waals surface area contributed by atoms with Crippen LogP contribution < -0.4 is 0 Å². The first-order valence-corrected chi connectivity index (χ1v) is 3.63. The van der Waals surface area contributed by atoms with E-state index in [-0.39, 0.29) is 12.0 Å². The molecule has 0 N–H and O–H groups in total. The average molecular weight is 184 g/mol. The van der Waals surface area contributed by atoms with Gasteiger partial charge < -0.3 is 9.47 Å². The Bertz CT molecular complexity index is 145. The number of alkyl halides is 3. The molecule has 0 saturated carbocycles. The molecule has 1 fully saturated rings. The van der Waals surface area contributed by atoms with Crippen LogP contribution >= 0.6 is 0 Å². The van der Waals surface area contributed by atoms with Crippen LogP contribution in [0.15, 0.2) is 0 Å². The van der Waals surface area contributed by atoms with Gasteiger partial charge in [-0.1, -0.05) is 6.92 Å². The summed E-state index contributed by atoms with van der Waals surface area (Å²) in [6, 6.07) is 0. The van der Waals surface area contributed by atoms with Gasteiger partial charge in [-0.05, 0) is 0 Å². The predicted molar refractivity (Wildman–Crippen MR) is 35.8 cm³/mol. The van der Waals surface area contributed by atoms with Gasteiger partial charge in [-0.15, -0.1) is 0 Å². The third kappa shape index (κ3) is 2.35. The molecule has 1 aliphatic heterocycles. The van der Waals surface area contributed by atoms with Gasteiger partial charge >= 0.3 is 6.11 Å². The van der Waals surface area contributed by atoms with E-state index in [9.17, 15) is 13.2 Å². The van der Waals surface area contributed by atoms with Crippen molar-refractivity contribution >= 4 is 0 Å². The monoisotopic (exact) mass is 184 g/mol. The van der Waals surface area contributed by atoms with E-state index in [1.165, 1.54) is 0 Å². The Balaban J connectivity index is 2.24. The predicted octanol–water partition coefficient (Wildman–Crippen LogP) is 1.60. The lowest BCUT2D eigenvalue weighted by atomic mass is 9.90.